The van der Waals surface area contributed by atoms with Crippen LogP contribution in [-0.4, -0.2) is 17.9 Å². The number of rotatable bonds is 4. The zero-order valence-electron chi connectivity index (χ0n) is 11.8. The molecular formula is C17H12N2O2S. The zero-order chi connectivity index (χ0) is 15.5. The normalized spacial score (nSPS) is 11.4. The Morgan fingerprint density at radius 3 is 2.95 bits per heavy atom. The summed E-state index contributed by atoms with van der Waals surface area (Å²) in [6, 6.07) is 11.2. The molecule has 0 bridgehead atoms. The monoisotopic (exact) mass is 308 g/mol. The molecule has 0 aliphatic carbocycles. The molecule has 1 N–H and O–H groups in total. The number of nitriles is 1. The van der Waals surface area contributed by atoms with Gasteiger partial charge in [0.1, 0.15) is 17.4 Å². The molecule has 0 fully saturated rings. The lowest BCUT2D eigenvalue weighted by molar-refractivity contribution is 0.104. The van der Waals surface area contributed by atoms with Crippen molar-refractivity contribution in [2.75, 3.05) is 7.11 Å². The lowest BCUT2D eigenvalue weighted by atomic mass is 10.0. The Morgan fingerprint density at radius 2 is 2.27 bits per heavy atom. The number of hydrogen-bond acceptors (Lipinski definition) is 4. The van der Waals surface area contributed by atoms with Gasteiger partial charge in [-0.1, -0.05) is 6.07 Å². The fourth-order valence-electron chi connectivity index (χ4n) is 2.22. The molecule has 0 amide bonds. The van der Waals surface area contributed by atoms with Gasteiger partial charge in [0.25, 0.3) is 0 Å². The number of ether oxygens (including phenoxy) is 1. The second-order valence-electron chi connectivity index (χ2n) is 4.63. The van der Waals surface area contributed by atoms with Crippen LogP contribution < -0.4 is 4.74 Å². The van der Waals surface area contributed by atoms with E-state index >= 15 is 0 Å². The van der Waals surface area contributed by atoms with Crippen LogP contribution in [0, 0.1) is 11.3 Å². The number of ketones is 1. The van der Waals surface area contributed by atoms with Crippen molar-refractivity contribution in [2.45, 2.75) is 0 Å². The number of H-pyrrole nitrogens is 1. The van der Waals surface area contributed by atoms with E-state index in [0.717, 1.165) is 15.8 Å². The minimum atomic E-state index is -0.296. The lowest BCUT2D eigenvalue weighted by Gasteiger charge is -2.01. The maximum absolute atomic E-state index is 12.6. The average Bonchev–Trinajstić information content (AvgIpc) is 3.20. The fourth-order valence-corrected chi connectivity index (χ4v) is 2.88. The largest absolute Gasteiger partial charge is 0.497 e. The molecule has 108 valence electrons. The Labute approximate surface area is 131 Å². The van der Waals surface area contributed by atoms with E-state index in [4.69, 9.17) is 4.74 Å². The van der Waals surface area contributed by atoms with Gasteiger partial charge >= 0.3 is 0 Å². The van der Waals surface area contributed by atoms with Crippen molar-refractivity contribution < 1.29 is 9.53 Å². The molecule has 22 heavy (non-hydrogen) atoms. The van der Waals surface area contributed by atoms with E-state index in [0.29, 0.717) is 11.3 Å². The maximum atomic E-state index is 12.6. The lowest BCUT2D eigenvalue weighted by Crippen LogP contribution is -2.00. The van der Waals surface area contributed by atoms with Gasteiger partial charge in [-0.25, -0.2) is 0 Å². The van der Waals surface area contributed by atoms with Crippen LogP contribution in [0.2, 0.25) is 0 Å². The summed E-state index contributed by atoms with van der Waals surface area (Å²) in [7, 11) is 1.58. The number of hydrogen-bond donors (Lipinski definition) is 1. The molecule has 0 aliphatic rings. The third-order valence-electron chi connectivity index (χ3n) is 3.33. The SMILES string of the molecule is COc1ccc2[nH]cc(C(=O)C(C#N)=Cc3cccs3)c2c1. The van der Waals surface area contributed by atoms with Crippen LogP contribution >= 0.6 is 11.3 Å². The van der Waals surface area contributed by atoms with Crippen molar-refractivity contribution in [1.29, 1.82) is 5.26 Å². The molecule has 3 aromatic rings. The Balaban J connectivity index is 2.06. The minimum absolute atomic E-state index is 0.117. The highest BCUT2D eigenvalue weighted by atomic mass is 32.1. The van der Waals surface area contributed by atoms with Gasteiger partial charge in [0.05, 0.1) is 7.11 Å². The van der Waals surface area contributed by atoms with Gasteiger partial charge in [0.15, 0.2) is 0 Å². The number of nitrogens with zero attached hydrogens (tertiary/aromatic N) is 1. The van der Waals surface area contributed by atoms with Crippen LogP contribution in [0.3, 0.4) is 0 Å². The quantitative estimate of drug-likeness (QED) is 0.449. The average molecular weight is 308 g/mol. The second kappa shape index (κ2) is 5.88. The van der Waals surface area contributed by atoms with Gasteiger partial charge in [-0.15, -0.1) is 11.3 Å². The van der Waals surface area contributed by atoms with Crippen molar-refractivity contribution in [3.05, 3.63) is 57.9 Å². The number of carbonyl (C=O) groups excluding carboxylic acids is 1. The molecule has 0 saturated carbocycles. The van der Waals surface area contributed by atoms with Crippen LogP contribution in [0.15, 0.2) is 47.5 Å². The van der Waals surface area contributed by atoms with E-state index in [1.165, 1.54) is 11.3 Å². The number of carbonyl (C=O) groups is 1. The summed E-state index contributed by atoms with van der Waals surface area (Å²) in [5.41, 5.74) is 1.42. The Kier molecular flexibility index (Phi) is 3.77. The predicted molar refractivity (Wildman–Crippen MR) is 87.1 cm³/mol. The molecule has 5 heteroatoms. The number of fused-ring (bicyclic) bond motifs is 1. The Bertz CT molecular complexity index is 899. The number of thiophene rings is 1. The molecule has 2 heterocycles. The van der Waals surface area contributed by atoms with Crippen molar-refractivity contribution in [1.82, 2.24) is 4.98 Å². The summed E-state index contributed by atoms with van der Waals surface area (Å²) in [4.78, 5) is 16.6. The first-order chi connectivity index (χ1) is 10.7. The summed E-state index contributed by atoms with van der Waals surface area (Å²) >= 11 is 1.48. The third-order valence-corrected chi connectivity index (χ3v) is 4.15. The van der Waals surface area contributed by atoms with Gasteiger partial charge in [-0.05, 0) is 35.7 Å². The molecule has 3 rings (SSSR count). The molecule has 2 aromatic heterocycles. The summed E-state index contributed by atoms with van der Waals surface area (Å²) in [5, 5.41) is 11.9. The molecular weight excluding hydrogens is 296 g/mol. The first kappa shape index (κ1) is 14.1. The number of Topliss-reactive ketones (excluding diaryl/α,β-unsaturated/α-hetero) is 1. The van der Waals surface area contributed by atoms with Gasteiger partial charge in [0, 0.05) is 27.5 Å². The van der Waals surface area contributed by atoms with E-state index in [2.05, 4.69) is 4.98 Å². The van der Waals surface area contributed by atoms with E-state index in [-0.39, 0.29) is 11.4 Å². The Hall–Kier alpha value is -2.84. The van der Waals surface area contributed by atoms with Crippen LogP contribution in [0.1, 0.15) is 15.2 Å². The highest BCUT2D eigenvalue weighted by Gasteiger charge is 2.17. The molecule has 4 nitrogen and oxygen atoms in total. The zero-order valence-corrected chi connectivity index (χ0v) is 12.6. The maximum Gasteiger partial charge on any atom is 0.205 e. The minimum Gasteiger partial charge on any atom is -0.497 e. The number of benzene rings is 1. The molecule has 0 aliphatic heterocycles. The van der Waals surface area contributed by atoms with Crippen LogP contribution in [0.25, 0.3) is 17.0 Å². The first-order valence-electron chi connectivity index (χ1n) is 6.58. The first-order valence-corrected chi connectivity index (χ1v) is 7.46. The van der Waals surface area contributed by atoms with Crippen molar-refractivity contribution in [3.63, 3.8) is 0 Å². The summed E-state index contributed by atoms with van der Waals surface area (Å²) < 4.78 is 5.20. The molecule has 0 unspecified atom stereocenters. The number of methoxy groups -OCH3 is 1. The smallest absolute Gasteiger partial charge is 0.205 e. The molecule has 0 radical (unpaired) electrons. The summed E-state index contributed by atoms with van der Waals surface area (Å²) in [5.74, 6) is 0.372. The highest BCUT2D eigenvalue weighted by Crippen LogP contribution is 2.26. The predicted octanol–water partition coefficient (Wildman–Crippen LogP) is 4.03. The van der Waals surface area contributed by atoms with Crippen LogP contribution in [0.5, 0.6) is 5.75 Å². The molecule has 0 spiro atoms. The van der Waals surface area contributed by atoms with E-state index in [1.54, 1.807) is 25.4 Å². The van der Waals surface area contributed by atoms with Gasteiger partial charge in [0.2, 0.25) is 5.78 Å². The number of allylic oxidation sites excluding steroid dienone is 1. The van der Waals surface area contributed by atoms with Gasteiger partial charge in [-0.2, -0.15) is 5.26 Å². The highest BCUT2D eigenvalue weighted by molar-refractivity contribution is 7.10. The summed E-state index contributed by atoms with van der Waals surface area (Å²) in [6.07, 6.45) is 3.25. The van der Waals surface area contributed by atoms with E-state index in [1.807, 2.05) is 35.7 Å². The van der Waals surface area contributed by atoms with Crippen LogP contribution in [0.4, 0.5) is 0 Å². The van der Waals surface area contributed by atoms with Gasteiger partial charge in [-0.3, -0.25) is 4.79 Å². The molecule has 0 atom stereocenters. The van der Waals surface area contributed by atoms with Crippen LogP contribution in [-0.2, 0) is 0 Å². The molecule has 0 saturated heterocycles. The second-order valence-corrected chi connectivity index (χ2v) is 5.61. The topological polar surface area (TPSA) is 65.9 Å². The van der Waals surface area contributed by atoms with E-state index in [9.17, 15) is 10.1 Å². The molecule has 1 aromatic carbocycles. The third kappa shape index (κ3) is 2.52. The summed E-state index contributed by atoms with van der Waals surface area (Å²) in [6.45, 7) is 0. The Morgan fingerprint density at radius 1 is 1.41 bits per heavy atom. The number of nitrogens with one attached hydrogen (secondary N) is 1. The standard InChI is InChI=1S/C17H12N2O2S/c1-21-12-4-5-16-14(8-12)15(10-19-16)17(20)11(9-18)7-13-3-2-6-22-13/h2-8,10,19H,1H3. The number of aromatic amines is 1. The van der Waals surface area contributed by atoms with E-state index < -0.39 is 0 Å². The van der Waals surface area contributed by atoms with Crippen molar-refractivity contribution in [3.8, 4) is 11.8 Å². The van der Waals surface area contributed by atoms with Crippen molar-refractivity contribution >= 4 is 34.1 Å². The van der Waals surface area contributed by atoms with Gasteiger partial charge < -0.3 is 9.72 Å². The van der Waals surface area contributed by atoms with Crippen molar-refractivity contribution in [2.24, 2.45) is 0 Å². The fraction of sp³-hybridized carbons (Fsp3) is 0.0588. The number of aromatic nitrogens is 1.